The van der Waals surface area contributed by atoms with Crippen LogP contribution in [0.15, 0.2) is 23.5 Å². The fraction of sp³-hybridized carbons (Fsp3) is 0.579. The van der Waals surface area contributed by atoms with E-state index in [1.807, 2.05) is 13.8 Å². The van der Waals surface area contributed by atoms with Crippen molar-refractivity contribution in [1.29, 1.82) is 0 Å². The second kappa shape index (κ2) is 6.37. The van der Waals surface area contributed by atoms with Crippen LogP contribution in [0.25, 0.3) is 0 Å². The number of rotatable bonds is 4. The third kappa shape index (κ3) is 2.95. The van der Waals surface area contributed by atoms with E-state index in [-0.39, 0.29) is 41.1 Å². The number of carbonyl (C=O) groups excluding carboxylic acids is 4. The number of carbonyl (C=O) groups is 4. The highest BCUT2D eigenvalue weighted by atomic mass is 16.7. The van der Waals surface area contributed by atoms with Gasteiger partial charge in [-0.15, -0.1) is 0 Å². The van der Waals surface area contributed by atoms with Crippen molar-refractivity contribution in [1.82, 2.24) is 0 Å². The van der Waals surface area contributed by atoms with Gasteiger partial charge >= 0.3 is 11.9 Å². The molecule has 2 aliphatic carbocycles. The second-order valence-corrected chi connectivity index (χ2v) is 7.63. The van der Waals surface area contributed by atoms with Crippen molar-refractivity contribution in [3.05, 3.63) is 23.5 Å². The van der Waals surface area contributed by atoms with E-state index in [1.54, 1.807) is 0 Å². The van der Waals surface area contributed by atoms with Gasteiger partial charge in [0, 0.05) is 36.8 Å². The maximum absolute atomic E-state index is 12.6. The van der Waals surface area contributed by atoms with Crippen molar-refractivity contribution in [3.63, 3.8) is 0 Å². The first-order chi connectivity index (χ1) is 12.2. The van der Waals surface area contributed by atoms with E-state index < -0.39 is 24.1 Å². The Bertz CT molecular complexity index is 730. The topological polar surface area (TPSA) is 96.0 Å². The molecular weight excluding hydrogens is 340 g/mol. The molecule has 0 N–H and O–H groups in total. The third-order valence-corrected chi connectivity index (χ3v) is 5.62. The molecule has 1 saturated carbocycles. The van der Waals surface area contributed by atoms with Gasteiger partial charge in [-0.1, -0.05) is 13.8 Å². The average Bonchev–Trinajstić information content (AvgIpc) is 3.15. The summed E-state index contributed by atoms with van der Waals surface area (Å²) in [5.74, 6) is -2.29. The number of allylic oxidation sites excluding steroid dienone is 1. The van der Waals surface area contributed by atoms with Gasteiger partial charge in [0.2, 0.25) is 0 Å². The first kappa shape index (κ1) is 18.4. The van der Waals surface area contributed by atoms with Crippen LogP contribution in [0.2, 0.25) is 0 Å². The SMILES string of the molecule is CC(=O)OCC1=CO[C@H](OC(C)=O)[C@H]2C(C=O)=CC(=O)[C@H]3[C@@H]([C@@H]12)C3(C)C. The van der Waals surface area contributed by atoms with Crippen molar-refractivity contribution in [2.24, 2.45) is 29.1 Å². The maximum atomic E-state index is 12.6. The summed E-state index contributed by atoms with van der Waals surface area (Å²) in [5, 5.41) is 0. The Labute approximate surface area is 151 Å². The van der Waals surface area contributed by atoms with Crippen LogP contribution in [-0.4, -0.2) is 36.9 Å². The zero-order valence-electron chi connectivity index (χ0n) is 15.2. The Morgan fingerprint density at radius 2 is 1.92 bits per heavy atom. The molecule has 1 fully saturated rings. The Balaban J connectivity index is 2.05. The third-order valence-electron chi connectivity index (χ3n) is 5.62. The van der Waals surface area contributed by atoms with E-state index in [9.17, 15) is 19.2 Å². The molecule has 0 radical (unpaired) electrons. The summed E-state index contributed by atoms with van der Waals surface area (Å²) in [6.45, 7) is 6.56. The van der Waals surface area contributed by atoms with Crippen molar-refractivity contribution < 1.29 is 33.4 Å². The summed E-state index contributed by atoms with van der Waals surface area (Å²) in [6, 6.07) is 0. The van der Waals surface area contributed by atoms with Crippen LogP contribution in [0.4, 0.5) is 0 Å². The lowest BCUT2D eigenvalue weighted by atomic mass is 9.75. The molecule has 26 heavy (non-hydrogen) atoms. The molecule has 5 atom stereocenters. The number of hydrogen-bond donors (Lipinski definition) is 0. The molecule has 1 heterocycles. The molecule has 140 valence electrons. The largest absolute Gasteiger partial charge is 0.462 e. The van der Waals surface area contributed by atoms with Gasteiger partial charge < -0.3 is 14.2 Å². The summed E-state index contributed by atoms with van der Waals surface area (Å²) in [5.41, 5.74) is 0.650. The van der Waals surface area contributed by atoms with Gasteiger partial charge in [-0.3, -0.25) is 19.2 Å². The smallest absolute Gasteiger partial charge is 0.305 e. The highest BCUT2D eigenvalue weighted by Crippen LogP contribution is 2.67. The van der Waals surface area contributed by atoms with Gasteiger partial charge in [-0.05, 0) is 17.4 Å². The fourth-order valence-corrected chi connectivity index (χ4v) is 4.47. The maximum Gasteiger partial charge on any atom is 0.305 e. The minimum absolute atomic E-state index is 0.00290. The van der Waals surface area contributed by atoms with Gasteiger partial charge in [0.25, 0.3) is 6.29 Å². The number of esters is 2. The normalized spacial score (nSPS) is 34.0. The minimum Gasteiger partial charge on any atom is -0.462 e. The molecule has 0 aromatic rings. The van der Waals surface area contributed by atoms with Gasteiger partial charge in [0.15, 0.2) is 5.78 Å². The summed E-state index contributed by atoms with van der Waals surface area (Å²) in [4.78, 5) is 47.0. The Morgan fingerprint density at radius 3 is 2.50 bits per heavy atom. The molecule has 3 rings (SSSR count). The monoisotopic (exact) mass is 362 g/mol. The van der Waals surface area contributed by atoms with Crippen molar-refractivity contribution in [3.8, 4) is 0 Å². The number of fused-ring (bicyclic) bond motifs is 3. The van der Waals surface area contributed by atoms with Crippen molar-refractivity contribution >= 4 is 24.0 Å². The van der Waals surface area contributed by atoms with Gasteiger partial charge in [-0.2, -0.15) is 0 Å². The molecule has 7 nitrogen and oxygen atoms in total. The molecular formula is C19H22O7. The number of ketones is 1. The second-order valence-electron chi connectivity index (χ2n) is 7.63. The van der Waals surface area contributed by atoms with E-state index in [0.29, 0.717) is 11.9 Å². The Kier molecular flexibility index (Phi) is 4.50. The number of aldehydes is 1. The van der Waals surface area contributed by atoms with Gasteiger partial charge in [-0.25, -0.2) is 0 Å². The highest BCUT2D eigenvalue weighted by Gasteiger charge is 2.68. The van der Waals surface area contributed by atoms with Crippen LogP contribution in [0, 0.1) is 29.1 Å². The fourth-order valence-electron chi connectivity index (χ4n) is 4.47. The zero-order chi connectivity index (χ0) is 19.2. The van der Waals surface area contributed by atoms with E-state index in [1.165, 1.54) is 26.2 Å². The Hall–Kier alpha value is -2.44. The lowest BCUT2D eigenvalue weighted by Crippen LogP contribution is -2.41. The molecule has 0 bridgehead atoms. The number of ether oxygens (including phenoxy) is 3. The van der Waals surface area contributed by atoms with Gasteiger partial charge in [0.1, 0.15) is 12.9 Å². The predicted molar refractivity (Wildman–Crippen MR) is 88.3 cm³/mol. The lowest BCUT2D eigenvalue weighted by molar-refractivity contribution is -0.181. The first-order valence-corrected chi connectivity index (χ1v) is 8.54. The van der Waals surface area contributed by atoms with Crippen molar-refractivity contribution in [2.45, 2.75) is 34.0 Å². The van der Waals surface area contributed by atoms with Crippen LogP contribution in [0.1, 0.15) is 27.7 Å². The summed E-state index contributed by atoms with van der Waals surface area (Å²) >= 11 is 0. The molecule has 7 heteroatoms. The quantitative estimate of drug-likeness (QED) is 0.553. The minimum atomic E-state index is -1.00. The summed E-state index contributed by atoms with van der Waals surface area (Å²) in [7, 11) is 0. The van der Waals surface area contributed by atoms with E-state index in [0.717, 1.165) is 0 Å². The Morgan fingerprint density at radius 1 is 1.23 bits per heavy atom. The van der Waals surface area contributed by atoms with Crippen LogP contribution in [0.3, 0.4) is 0 Å². The van der Waals surface area contributed by atoms with Crippen LogP contribution >= 0.6 is 0 Å². The van der Waals surface area contributed by atoms with Crippen LogP contribution in [0.5, 0.6) is 0 Å². The average molecular weight is 362 g/mol. The summed E-state index contributed by atoms with van der Waals surface area (Å²) in [6.07, 6.45) is 2.39. The van der Waals surface area contributed by atoms with Crippen LogP contribution < -0.4 is 0 Å². The number of hydrogen-bond acceptors (Lipinski definition) is 7. The molecule has 0 amide bonds. The molecule has 0 spiro atoms. The van der Waals surface area contributed by atoms with E-state index in [2.05, 4.69) is 0 Å². The summed E-state index contributed by atoms with van der Waals surface area (Å²) < 4.78 is 16.0. The van der Waals surface area contributed by atoms with Crippen molar-refractivity contribution in [2.75, 3.05) is 6.61 Å². The predicted octanol–water partition coefficient (Wildman–Crippen LogP) is 1.57. The standard InChI is InChI=1S/C19H22O7/c1-9(21)24-7-12-8-25-18(26-10(2)22)15-11(6-20)5-13(23)16-17(14(12)15)19(16,3)4/h5-6,8,14-18H,7H2,1-4H3/t14-,15-,16-,17+,18+/m0/s1. The van der Waals surface area contributed by atoms with E-state index in [4.69, 9.17) is 14.2 Å². The molecule has 3 aliphatic rings. The molecule has 0 unspecified atom stereocenters. The molecule has 0 aromatic carbocycles. The zero-order valence-corrected chi connectivity index (χ0v) is 15.2. The molecule has 0 saturated heterocycles. The highest BCUT2D eigenvalue weighted by molar-refractivity contribution is 6.00. The van der Waals surface area contributed by atoms with Gasteiger partial charge in [0.05, 0.1) is 12.2 Å². The van der Waals surface area contributed by atoms with E-state index >= 15 is 0 Å². The van der Waals surface area contributed by atoms with Crippen LogP contribution in [-0.2, 0) is 33.4 Å². The molecule has 0 aromatic heterocycles. The molecule has 1 aliphatic heterocycles. The lowest BCUT2D eigenvalue weighted by Gasteiger charge is -2.38. The first-order valence-electron chi connectivity index (χ1n) is 8.54.